The van der Waals surface area contributed by atoms with Crippen molar-refractivity contribution in [1.82, 2.24) is 19.9 Å². The Balaban J connectivity index is 1.13. The number of fused-ring (bicyclic) bond motifs is 3. The van der Waals surface area contributed by atoms with Crippen LogP contribution in [-0.4, -0.2) is 25.6 Å². The van der Waals surface area contributed by atoms with Crippen LogP contribution in [-0.2, 0) is 0 Å². The molecule has 48 heavy (non-hydrogen) atoms. The fourth-order valence-electron chi connectivity index (χ4n) is 5.88. The van der Waals surface area contributed by atoms with Gasteiger partial charge in [0, 0.05) is 39.2 Å². The summed E-state index contributed by atoms with van der Waals surface area (Å²) < 4.78 is 6.23. The van der Waals surface area contributed by atoms with Crippen molar-refractivity contribution in [3.8, 4) is 34.2 Å². The summed E-state index contributed by atoms with van der Waals surface area (Å²) in [7, 11) is 0. The summed E-state index contributed by atoms with van der Waals surface area (Å²) in [4.78, 5) is 24.2. The Morgan fingerprint density at radius 1 is 0.583 bits per heavy atom. The number of aromatic nitrogens is 4. The lowest BCUT2D eigenvalue weighted by atomic mass is 9.97. The molecule has 3 aromatic heterocycles. The van der Waals surface area contributed by atoms with Gasteiger partial charge < -0.3 is 4.42 Å². The van der Waals surface area contributed by atoms with Crippen molar-refractivity contribution < 1.29 is 4.42 Å². The topological polar surface area (TPSA) is 77.1 Å². The van der Waals surface area contributed by atoms with E-state index in [-0.39, 0.29) is 0 Å². The Labute approximate surface area is 277 Å². The molecule has 0 N–H and O–H groups in total. The molecule has 6 nitrogen and oxygen atoms in total. The van der Waals surface area contributed by atoms with Crippen LogP contribution in [0.2, 0.25) is 0 Å². The molecular weight excluding hydrogens is 590 g/mol. The van der Waals surface area contributed by atoms with E-state index in [9.17, 15) is 0 Å². The van der Waals surface area contributed by atoms with Gasteiger partial charge in [-0.15, -0.1) is 0 Å². The zero-order valence-electron chi connectivity index (χ0n) is 26.2. The lowest BCUT2D eigenvalue weighted by Crippen LogP contribution is -2.00. The van der Waals surface area contributed by atoms with E-state index < -0.39 is 0 Å². The van der Waals surface area contributed by atoms with E-state index in [1.54, 1.807) is 0 Å². The number of hydrogen-bond acceptors (Lipinski definition) is 6. The molecule has 0 atom stereocenters. The first kappa shape index (κ1) is 28.9. The summed E-state index contributed by atoms with van der Waals surface area (Å²) in [5.41, 5.74) is 9.35. The molecule has 8 rings (SSSR count). The fourth-order valence-corrected chi connectivity index (χ4v) is 5.88. The van der Waals surface area contributed by atoms with Crippen LogP contribution in [0.3, 0.4) is 0 Å². The number of aliphatic imine (C=N–C) groups is 1. The van der Waals surface area contributed by atoms with Gasteiger partial charge in [-0.05, 0) is 36.3 Å². The van der Waals surface area contributed by atoms with Gasteiger partial charge in [0.25, 0.3) is 0 Å². The molecule has 0 fully saturated rings. The predicted molar refractivity (Wildman–Crippen MR) is 194 cm³/mol. The number of furan rings is 1. The minimum Gasteiger partial charge on any atom is -0.454 e. The summed E-state index contributed by atoms with van der Waals surface area (Å²) in [5.74, 6) is 1.86. The van der Waals surface area contributed by atoms with Crippen LogP contribution in [0, 0.1) is 0 Å². The Morgan fingerprint density at radius 2 is 1.15 bits per heavy atom. The lowest BCUT2D eigenvalue weighted by molar-refractivity contribution is 0.666. The van der Waals surface area contributed by atoms with Gasteiger partial charge in [0.15, 0.2) is 23.1 Å². The quantitative estimate of drug-likeness (QED) is 0.166. The van der Waals surface area contributed by atoms with Gasteiger partial charge in [-0.1, -0.05) is 128 Å². The Bertz CT molecular complexity index is 2410. The van der Waals surface area contributed by atoms with E-state index in [0.717, 1.165) is 72.4 Å². The van der Waals surface area contributed by atoms with Crippen molar-refractivity contribution in [2.24, 2.45) is 4.99 Å². The summed E-state index contributed by atoms with van der Waals surface area (Å²) in [6.45, 7) is 6.44. The molecule has 8 aromatic rings. The van der Waals surface area contributed by atoms with Gasteiger partial charge in [-0.2, -0.15) is 0 Å². The average Bonchev–Trinajstić information content (AvgIpc) is 3.54. The average molecular weight is 620 g/mol. The van der Waals surface area contributed by atoms with Crippen molar-refractivity contribution in [2.75, 3.05) is 0 Å². The molecule has 0 aliphatic rings. The number of para-hydroxylation sites is 2. The third-order valence-corrected chi connectivity index (χ3v) is 8.34. The molecule has 228 valence electrons. The molecule has 0 amide bonds. The van der Waals surface area contributed by atoms with Crippen molar-refractivity contribution in [3.63, 3.8) is 0 Å². The maximum Gasteiger partial charge on any atom is 0.164 e. The standard InChI is InChI=1S/C42H29N5O/c1-27(33-17-9-11-19-36(33)44-28(2)38-39-35(25-26-43-38)34-18-10-12-20-37(34)48-39)29-21-23-32(24-22-29)42-46-40(30-13-5-3-6-14-30)45-41(47-42)31-15-7-4-8-16-31/h3-26H,1H2,2H3. The molecule has 0 aliphatic carbocycles. The highest BCUT2D eigenvalue weighted by Crippen LogP contribution is 2.34. The highest BCUT2D eigenvalue weighted by molar-refractivity contribution is 6.14. The summed E-state index contributed by atoms with van der Waals surface area (Å²) in [6, 6.07) is 46.2. The first-order valence-electron chi connectivity index (χ1n) is 15.7. The first-order valence-corrected chi connectivity index (χ1v) is 15.7. The number of pyridine rings is 1. The second kappa shape index (κ2) is 12.3. The van der Waals surface area contributed by atoms with E-state index in [1.165, 1.54) is 0 Å². The predicted octanol–water partition coefficient (Wildman–Crippen LogP) is 10.4. The van der Waals surface area contributed by atoms with Crippen LogP contribution in [0.25, 0.3) is 61.7 Å². The maximum absolute atomic E-state index is 6.23. The Hall–Kier alpha value is -6.53. The van der Waals surface area contributed by atoms with Crippen molar-refractivity contribution in [1.29, 1.82) is 0 Å². The normalized spacial score (nSPS) is 11.6. The molecule has 0 unspecified atom stereocenters. The van der Waals surface area contributed by atoms with E-state index in [0.29, 0.717) is 17.5 Å². The molecule has 0 bridgehead atoms. The van der Waals surface area contributed by atoms with Crippen LogP contribution in [0.5, 0.6) is 0 Å². The summed E-state index contributed by atoms with van der Waals surface area (Å²) in [5, 5.41) is 2.08. The van der Waals surface area contributed by atoms with Crippen LogP contribution in [0.15, 0.2) is 162 Å². The van der Waals surface area contributed by atoms with Crippen LogP contribution in [0.1, 0.15) is 23.7 Å². The molecule has 0 spiro atoms. The zero-order chi connectivity index (χ0) is 32.5. The SMILES string of the molecule is C=C(c1ccc(-c2nc(-c3ccccc3)nc(-c3ccccc3)n2)cc1)c1ccccc1N=C(C)c1nccc2c1oc1ccccc12. The van der Waals surface area contributed by atoms with Crippen LogP contribution < -0.4 is 0 Å². The highest BCUT2D eigenvalue weighted by Gasteiger charge is 2.16. The smallest absolute Gasteiger partial charge is 0.164 e. The largest absolute Gasteiger partial charge is 0.454 e. The second-order valence-electron chi connectivity index (χ2n) is 11.4. The van der Waals surface area contributed by atoms with E-state index in [1.807, 2.05) is 134 Å². The van der Waals surface area contributed by atoms with Gasteiger partial charge in [0.05, 0.1) is 11.4 Å². The molecule has 6 heteroatoms. The molecule has 0 aliphatic heterocycles. The Kier molecular flexibility index (Phi) is 7.43. The van der Waals surface area contributed by atoms with E-state index in [2.05, 4.69) is 29.8 Å². The lowest BCUT2D eigenvalue weighted by Gasteiger charge is -2.12. The number of hydrogen-bond donors (Lipinski definition) is 0. The number of rotatable bonds is 7. The van der Waals surface area contributed by atoms with Gasteiger partial charge in [-0.3, -0.25) is 9.98 Å². The minimum atomic E-state index is 0.604. The van der Waals surface area contributed by atoms with E-state index >= 15 is 0 Å². The molecule has 0 radical (unpaired) electrons. The number of benzene rings is 5. The summed E-state index contributed by atoms with van der Waals surface area (Å²) in [6.07, 6.45) is 1.81. The second-order valence-corrected chi connectivity index (χ2v) is 11.4. The molecule has 3 heterocycles. The molecule has 0 saturated heterocycles. The third-order valence-electron chi connectivity index (χ3n) is 8.34. The minimum absolute atomic E-state index is 0.604. The third kappa shape index (κ3) is 5.46. The molecule has 0 saturated carbocycles. The first-order chi connectivity index (χ1) is 23.6. The van der Waals surface area contributed by atoms with Crippen LogP contribution >= 0.6 is 0 Å². The van der Waals surface area contributed by atoms with Gasteiger partial charge in [0.1, 0.15) is 11.3 Å². The van der Waals surface area contributed by atoms with Crippen molar-refractivity contribution in [2.45, 2.75) is 6.92 Å². The van der Waals surface area contributed by atoms with Gasteiger partial charge in [-0.25, -0.2) is 15.0 Å². The van der Waals surface area contributed by atoms with E-state index in [4.69, 9.17) is 24.4 Å². The van der Waals surface area contributed by atoms with Gasteiger partial charge in [0.2, 0.25) is 0 Å². The molecular formula is C42H29N5O. The Morgan fingerprint density at radius 3 is 1.81 bits per heavy atom. The monoisotopic (exact) mass is 619 g/mol. The van der Waals surface area contributed by atoms with Gasteiger partial charge >= 0.3 is 0 Å². The van der Waals surface area contributed by atoms with Crippen molar-refractivity contribution >= 4 is 38.9 Å². The number of nitrogens with zero attached hydrogens (tertiary/aromatic N) is 5. The summed E-state index contributed by atoms with van der Waals surface area (Å²) >= 11 is 0. The molecule has 5 aromatic carbocycles. The zero-order valence-corrected chi connectivity index (χ0v) is 26.2. The highest BCUT2D eigenvalue weighted by atomic mass is 16.3. The maximum atomic E-state index is 6.23. The van der Waals surface area contributed by atoms with Crippen molar-refractivity contribution in [3.05, 3.63) is 169 Å². The van der Waals surface area contributed by atoms with Crippen LogP contribution in [0.4, 0.5) is 5.69 Å². The fraction of sp³-hybridized carbons (Fsp3) is 0.0238.